The Bertz CT molecular complexity index is 525. The molecule has 2 nitrogen and oxygen atoms in total. The van der Waals surface area contributed by atoms with E-state index in [4.69, 9.17) is 9.41 Å². The molecular formula is C15H21NOSi. The summed E-state index contributed by atoms with van der Waals surface area (Å²) in [6, 6.07) is 10.5. The van der Waals surface area contributed by atoms with Gasteiger partial charge in [0.1, 0.15) is 0 Å². The normalized spacial score (nSPS) is 11.1. The van der Waals surface area contributed by atoms with Gasteiger partial charge in [0.25, 0.3) is 0 Å². The van der Waals surface area contributed by atoms with E-state index in [9.17, 15) is 0 Å². The molecule has 0 amide bonds. The highest BCUT2D eigenvalue weighted by atomic mass is 28.3. The smallest absolute Gasteiger partial charge is 0.231 e. The van der Waals surface area contributed by atoms with Crippen molar-refractivity contribution in [3.63, 3.8) is 0 Å². The van der Waals surface area contributed by atoms with Crippen molar-refractivity contribution in [1.29, 1.82) is 0 Å². The van der Waals surface area contributed by atoms with E-state index in [0.717, 1.165) is 23.4 Å². The van der Waals surface area contributed by atoms with E-state index in [0.29, 0.717) is 0 Å². The predicted octanol–water partition coefficient (Wildman–Crippen LogP) is 3.94. The fourth-order valence-corrected chi connectivity index (χ4v) is 2.65. The SMILES string of the molecule is CCCCc1cc2ccccc2c(O[SiH](C)C)n1. The second-order valence-electron chi connectivity index (χ2n) is 4.91. The largest absolute Gasteiger partial charge is 0.534 e. The standard InChI is InChI=1S/C15H21NOSi/c1-4-5-9-13-11-12-8-6-7-10-14(12)15(16-13)17-18(2)3/h6-8,10-11,18H,4-5,9H2,1-3H3. The van der Waals surface area contributed by atoms with Gasteiger partial charge in [0, 0.05) is 11.1 Å². The Morgan fingerprint density at radius 2 is 2.00 bits per heavy atom. The molecule has 1 aromatic heterocycles. The number of unbranched alkanes of at least 4 members (excludes halogenated alkanes) is 1. The Kier molecular flexibility index (Phi) is 4.36. The lowest BCUT2D eigenvalue weighted by atomic mass is 10.1. The summed E-state index contributed by atoms with van der Waals surface area (Å²) in [6.07, 6.45) is 3.42. The lowest BCUT2D eigenvalue weighted by Gasteiger charge is -2.13. The van der Waals surface area contributed by atoms with Crippen LogP contribution >= 0.6 is 0 Å². The van der Waals surface area contributed by atoms with Crippen LogP contribution in [0.2, 0.25) is 13.1 Å². The van der Waals surface area contributed by atoms with Crippen LogP contribution in [0.4, 0.5) is 0 Å². The van der Waals surface area contributed by atoms with E-state index < -0.39 is 9.04 Å². The highest BCUT2D eigenvalue weighted by Gasteiger charge is 2.08. The predicted molar refractivity (Wildman–Crippen MR) is 79.9 cm³/mol. The van der Waals surface area contributed by atoms with E-state index in [1.807, 2.05) is 6.07 Å². The highest BCUT2D eigenvalue weighted by Crippen LogP contribution is 2.25. The first-order valence-corrected chi connectivity index (χ1v) is 9.54. The number of pyridine rings is 1. The molecule has 2 aromatic rings. The Balaban J connectivity index is 2.43. The number of hydrogen-bond donors (Lipinski definition) is 0. The summed E-state index contributed by atoms with van der Waals surface area (Å²) in [6.45, 7) is 6.56. The molecule has 0 saturated carbocycles. The first-order chi connectivity index (χ1) is 8.70. The molecule has 18 heavy (non-hydrogen) atoms. The Hall–Kier alpha value is -1.35. The van der Waals surface area contributed by atoms with Gasteiger partial charge in [-0.15, -0.1) is 0 Å². The minimum Gasteiger partial charge on any atom is -0.534 e. The van der Waals surface area contributed by atoms with Gasteiger partial charge in [-0.25, -0.2) is 4.98 Å². The molecule has 0 bridgehead atoms. The third-order valence-electron chi connectivity index (χ3n) is 2.89. The molecule has 0 saturated heterocycles. The Morgan fingerprint density at radius 3 is 2.72 bits per heavy atom. The van der Waals surface area contributed by atoms with Crippen molar-refractivity contribution in [2.75, 3.05) is 0 Å². The zero-order valence-electron chi connectivity index (χ0n) is 11.4. The van der Waals surface area contributed by atoms with Crippen LogP contribution in [-0.2, 0) is 6.42 Å². The monoisotopic (exact) mass is 259 g/mol. The van der Waals surface area contributed by atoms with E-state index in [1.165, 1.54) is 18.2 Å². The molecule has 0 N–H and O–H groups in total. The maximum atomic E-state index is 5.98. The van der Waals surface area contributed by atoms with Crippen molar-refractivity contribution < 1.29 is 4.43 Å². The van der Waals surface area contributed by atoms with Gasteiger partial charge in [0.2, 0.25) is 14.9 Å². The first kappa shape index (κ1) is 13.1. The fraction of sp³-hybridized carbons (Fsp3) is 0.400. The number of fused-ring (bicyclic) bond motifs is 1. The van der Waals surface area contributed by atoms with Gasteiger partial charge < -0.3 is 4.43 Å². The molecule has 0 aliphatic rings. The number of benzene rings is 1. The zero-order valence-corrected chi connectivity index (χ0v) is 12.6. The molecule has 96 valence electrons. The molecule has 0 aliphatic carbocycles. The molecular weight excluding hydrogens is 238 g/mol. The number of rotatable bonds is 5. The van der Waals surface area contributed by atoms with Crippen molar-refractivity contribution >= 4 is 19.8 Å². The van der Waals surface area contributed by atoms with Crippen LogP contribution in [0.1, 0.15) is 25.5 Å². The summed E-state index contributed by atoms with van der Waals surface area (Å²) >= 11 is 0. The number of nitrogens with zero attached hydrogens (tertiary/aromatic N) is 1. The first-order valence-electron chi connectivity index (χ1n) is 6.76. The summed E-state index contributed by atoms with van der Waals surface area (Å²) in [5.74, 6) is 0.834. The van der Waals surface area contributed by atoms with E-state index in [2.05, 4.69) is 44.3 Å². The van der Waals surface area contributed by atoms with Crippen molar-refractivity contribution in [2.24, 2.45) is 0 Å². The third-order valence-corrected chi connectivity index (χ3v) is 3.59. The summed E-state index contributed by atoms with van der Waals surface area (Å²) in [5, 5.41) is 2.38. The van der Waals surface area contributed by atoms with Crippen LogP contribution in [0.3, 0.4) is 0 Å². The van der Waals surface area contributed by atoms with Gasteiger partial charge >= 0.3 is 0 Å². The van der Waals surface area contributed by atoms with Crippen molar-refractivity contribution in [3.05, 3.63) is 36.0 Å². The summed E-state index contributed by atoms with van der Waals surface area (Å²) in [5.41, 5.74) is 1.15. The minimum absolute atomic E-state index is 0.834. The molecule has 3 heteroatoms. The second kappa shape index (κ2) is 6.00. The van der Waals surface area contributed by atoms with Gasteiger partial charge in [-0.3, -0.25) is 0 Å². The zero-order chi connectivity index (χ0) is 13.0. The maximum absolute atomic E-state index is 5.98. The fourth-order valence-electron chi connectivity index (χ4n) is 2.02. The number of hydrogen-bond acceptors (Lipinski definition) is 2. The van der Waals surface area contributed by atoms with Crippen LogP contribution in [0.15, 0.2) is 30.3 Å². The minimum atomic E-state index is -1.12. The molecule has 1 heterocycles. The summed E-state index contributed by atoms with van der Waals surface area (Å²) < 4.78 is 5.98. The lowest BCUT2D eigenvalue weighted by Crippen LogP contribution is -2.13. The summed E-state index contributed by atoms with van der Waals surface area (Å²) in [7, 11) is -1.12. The van der Waals surface area contributed by atoms with Gasteiger partial charge in [0.05, 0.1) is 0 Å². The van der Waals surface area contributed by atoms with Crippen molar-refractivity contribution in [1.82, 2.24) is 4.98 Å². The van der Waals surface area contributed by atoms with Crippen molar-refractivity contribution in [2.45, 2.75) is 39.3 Å². The molecule has 0 fully saturated rings. The third kappa shape index (κ3) is 3.10. The van der Waals surface area contributed by atoms with Gasteiger partial charge in [-0.05, 0) is 43.5 Å². The molecule has 0 spiro atoms. The van der Waals surface area contributed by atoms with Gasteiger partial charge in [-0.2, -0.15) is 0 Å². The Labute approximate surface area is 111 Å². The van der Waals surface area contributed by atoms with E-state index in [1.54, 1.807) is 0 Å². The lowest BCUT2D eigenvalue weighted by molar-refractivity contribution is 0.558. The van der Waals surface area contributed by atoms with Crippen LogP contribution in [0.5, 0.6) is 5.88 Å². The number of aryl methyl sites for hydroxylation is 1. The Morgan fingerprint density at radius 1 is 1.22 bits per heavy atom. The molecule has 0 unspecified atom stereocenters. The van der Waals surface area contributed by atoms with Gasteiger partial charge in [0.15, 0.2) is 0 Å². The second-order valence-corrected chi connectivity index (χ2v) is 7.24. The summed E-state index contributed by atoms with van der Waals surface area (Å²) in [4.78, 5) is 4.69. The van der Waals surface area contributed by atoms with Crippen LogP contribution in [0.25, 0.3) is 10.8 Å². The molecule has 0 atom stereocenters. The molecule has 0 aliphatic heterocycles. The van der Waals surface area contributed by atoms with Crippen LogP contribution in [-0.4, -0.2) is 14.0 Å². The van der Waals surface area contributed by atoms with E-state index >= 15 is 0 Å². The maximum Gasteiger partial charge on any atom is 0.231 e. The molecule has 0 radical (unpaired) electrons. The molecule has 2 rings (SSSR count). The van der Waals surface area contributed by atoms with Gasteiger partial charge in [-0.1, -0.05) is 31.5 Å². The quantitative estimate of drug-likeness (QED) is 0.759. The molecule has 1 aromatic carbocycles. The van der Waals surface area contributed by atoms with Crippen LogP contribution < -0.4 is 4.43 Å². The average Bonchev–Trinajstić information content (AvgIpc) is 2.35. The topological polar surface area (TPSA) is 22.1 Å². The average molecular weight is 259 g/mol. The van der Waals surface area contributed by atoms with Crippen LogP contribution in [0, 0.1) is 0 Å². The highest BCUT2D eigenvalue weighted by molar-refractivity contribution is 6.49. The van der Waals surface area contributed by atoms with Crippen molar-refractivity contribution in [3.8, 4) is 5.88 Å². The number of aromatic nitrogens is 1. The van der Waals surface area contributed by atoms with E-state index in [-0.39, 0.29) is 0 Å².